The summed E-state index contributed by atoms with van der Waals surface area (Å²) >= 11 is 0. The van der Waals surface area contributed by atoms with Crippen LogP contribution in [0.3, 0.4) is 0 Å². The Morgan fingerprint density at radius 1 is 1.12 bits per heavy atom. The number of anilines is 1. The molecule has 0 bridgehead atoms. The van der Waals surface area contributed by atoms with Gasteiger partial charge in [-0.05, 0) is 35.7 Å². The fourth-order valence-electron chi connectivity index (χ4n) is 2.67. The van der Waals surface area contributed by atoms with Crippen molar-refractivity contribution in [1.29, 1.82) is 0 Å². The van der Waals surface area contributed by atoms with Crippen molar-refractivity contribution < 1.29 is 13.2 Å². The maximum absolute atomic E-state index is 13.0. The van der Waals surface area contributed by atoms with E-state index in [9.17, 15) is 13.2 Å². The molecule has 3 aromatic rings. The van der Waals surface area contributed by atoms with Crippen LogP contribution in [-0.4, -0.2) is 22.0 Å². The van der Waals surface area contributed by atoms with Gasteiger partial charge in [0.2, 0.25) is 0 Å². The van der Waals surface area contributed by atoms with E-state index in [4.69, 9.17) is 0 Å². The van der Waals surface area contributed by atoms with Crippen molar-refractivity contribution in [2.75, 3.05) is 12.4 Å². The monoisotopic (exact) mass is 346 g/mol. The van der Waals surface area contributed by atoms with Crippen LogP contribution in [0.25, 0.3) is 22.5 Å². The molecule has 1 aromatic carbocycles. The molecular weight excluding hydrogens is 329 g/mol. The Morgan fingerprint density at radius 3 is 2.60 bits per heavy atom. The Bertz CT molecular complexity index is 884. The highest BCUT2D eigenvalue weighted by Crippen LogP contribution is 2.35. The van der Waals surface area contributed by atoms with E-state index in [2.05, 4.69) is 20.3 Å². The van der Waals surface area contributed by atoms with E-state index in [1.807, 2.05) is 6.92 Å². The van der Waals surface area contributed by atoms with E-state index in [1.54, 1.807) is 25.4 Å². The summed E-state index contributed by atoms with van der Waals surface area (Å²) in [7, 11) is 1.75. The predicted molar refractivity (Wildman–Crippen MR) is 91.2 cm³/mol. The fraction of sp³-hybridized carbons (Fsp3) is 0.222. The minimum Gasteiger partial charge on any atom is -0.373 e. The van der Waals surface area contributed by atoms with Crippen LogP contribution in [-0.2, 0) is 12.6 Å². The standard InChI is InChI=1S/C18H17F3N4/c1-3-11-4-5-13(18(19,20)21)7-14(11)12-6-15(23-9-12)16-8-17(22-2)25-10-24-16/h4-10,23H,3H2,1-2H3,(H,22,24,25). The van der Waals surface area contributed by atoms with Crippen LogP contribution in [0.15, 0.2) is 42.9 Å². The van der Waals surface area contributed by atoms with Gasteiger partial charge in [-0.25, -0.2) is 9.97 Å². The highest BCUT2D eigenvalue weighted by Gasteiger charge is 2.31. The van der Waals surface area contributed by atoms with E-state index in [0.717, 1.165) is 11.6 Å². The van der Waals surface area contributed by atoms with Gasteiger partial charge in [-0.3, -0.25) is 0 Å². The minimum absolute atomic E-state index is 0.572. The molecule has 7 heteroatoms. The highest BCUT2D eigenvalue weighted by molar-refractivity contribution is 5.73. The quantitative estimate of drug-likeness (QED) is 0.716. The predicted octanol–water partition coefficient (Wildman–Crippen LogP) is 4.76. The summed E-state index contributed by atoms with van der Waals surface area (Å²) in [5.74, 6) is 0.662. The van der Waals surface area contributed by atoms with E-state index in [1.165, 1.54) is 18.5 Å². The lowest BCUT2D eigenvalue weighted by Gasteiger charge is -2.11. The molecule has 2 N–H and O–H groups in total. The summed E-state index contributed by atoms with van der Waals surface area (Å²) in [6.07, 6.45) is -0.589. The zero-order valence-corrected chi connectivity index (χ0v) is 13.8. The van der Waals surface area contributed by atoms with Crippen LogP contribution in [0.2, 0.25) is 0 Å². The lowest BCUT2D eigenvalue weighted by Crippen LogP contribution is -2.05. The molecular formula is C18H17F3N4. The van der Waals surface area contributed by atoms with Crippen molar-refractivity contribution in [2.45, 2.75) is 19.5 Å². The average Bonchev–Trinajstić information content (AvgIpc) is 3.10. The normalized spacial score (nSPS) is 11.6. The molecule has 2 heterocycles. The van der Waals surface area contributed by atoms with Gasteiger partial charge < -0.3 is 10.3 Å². The molecule has 0 aliphatic rings. The van der Waals surface area contributed by atoms with E-state index in [0.29, 0.717) is 34.8 Å². The third-order valence-corrected chi connectivity index (χ3v) is 4.01. The van der Waals surface area contributed by atoms with E-state index < -0.39 is 11.7 Å². The molecule has 0 spiro atoms. The fourth-order valence-corrected chi connectivity index (χ4v) is 2.67. The van der Waals surface area contributed by atoms with Gasteiger partial charge in [0.15, 0.2) is 0 Å². The number of aryl methyl sites for hydroxylation is 1. The van der Waals surface area contributed by atoms with E-state index in [-0.39, 0.29) is 0 Å². The average molecular weight is 346 g/mol. The number of rotatable bonds is 4. The number of halogens is 3. The second-order valence-electron chi connectivity index (χ2n) is 5.56. The van der Waals surface area contributed by atoms with Gasteiger partial charge in [0.05, 0.1) is 17.0 Å². The van der Waals surface area contributed by atoms with E-state index >= 15 is 0 Å². The number of hydrogen-bond acceptors (Lipinski definition) is 3. The molecule has 0 fully saturated rings. The molecule has 0 unspecified atom stereocenters. The van der Waals surface area contributed by atoms with Crippen molar-refractivity contribution >= 4 is 5.82 Å². The van der Waals surface area contributed by atoms with Gasteiger partial charge >= 0.3 is 6.18 Å². The van der Waals surface area contributed by atoms with Crippen molar-refractivity contribution in [1.82, 2.24) is 15.0 Å². The minimum atomic E-state index is -4.37. The topological polar surface area (TPSA) is 53.6 Å². The van der Waals surface area contributed by atoms with Gasteiger partial charge in [-0.15, -0.1) is 0 Å². The molecule has 130 valence electrons. The molecule has 0 atom stereocenters. The zero-order chi connectivity index (χ0) is 18.0. The van der Waals surface area contributed by atoms with Crippen molar-refractivity contribution in [3.63, 3.8) is 0 Å². The van der Waals surface area contributed by atoms with Crippen LogP contribution in [0.1, 0.15) is 18.1 Å². The Kier molecular flexibility index (Phi) is 4.48. The van der Waals surface area contributed by atoms with Gasteiger partial charge in [-0.1, -0.05) is 13.0 Å². The van der Waals surface area contributed by atoms with Crippen molar-refractivity contribution in [3.8, 4) is 22.5 Å². The Hall–Kier alpha value is -2.83. The van der Waals surface area contributed by atoms with Gasteiger partial charge in [-0.2, -0.15) is 13.2 Å². The Morgan fingerprint density at radius 2 is 1.92 bits per heavy atom. The highest BCUT2D eigenvalue weighted by atomic mass is 19.4. The molecule has 0 radical (unpaired) electrons. The Labute approximate surface area is 143 Å². The first-order valence-corrected chi connectivity index (χ1v) is 7.81. The number of alkyl halides is 3. The summed E-state index contributed by atoms with van der Waals surface area (Å²) in [6.45, 7) is 1.92. The third-order valence-electron chi connectivity index (χ3n) is 4.01. The maximum atomic E-state index is 13.0. The summed E-state index contributed by atoms with van der Waals surface area (Å²) in [4.78, 5) is 11.3. The van der Waals surface area contributed by atoms with Crippen LogP contribution in [0, 0.1) is 0 Å². The molecule has 0 saturated carbocycles. The summed E-state index contributed by atoms with van der Waals surface area (Å²) in [6, 6.07) is 7.43. The van der Waals surface area contributed by atoms with Crippen molar-refractivity contribution in [2.24, 2.45) is 0 Å². The first-order chi connectivity index (χ1) is 11.9. The van der Waals surface area contributed by atoms with Gasteiger partial charge in [0.1, 0.15) is 12.1 Å². The van der Waals surface area contributed by atoms with Crippen LogP contribution in [0.4, 0.5) is 19.0 Å². The first-order valence-electron chi connectivity index (χ1n) is 7.81. The number of nitrogens with one attached hydrogen (secondary N) is 2. The van der Waals surface area contributed by atoms with Crippen molar-refractivity contribution in [3.05, 3.63) is 54.0 Å². The lowest BCUT2D eigenvalue weighted by molar-refractivity contribution is -0.137. The molecule has 2 aromatic heterocycles. The summed E-state index contributed by atoms with van der Waals surface area (Å²) < 4.78 is 39.1. The second-order valence-corrected chi connectivity index (χ2v) is 5.56. The molecule has 0 saturated heterocycles. The lowest BCUT2D eigenvalue weighted by atomic mass is 9.97. The Balaban J connectivity index is 2.04. The molecule has 0 amide bonds. The SMILES string of the molecule is CCc1ccc(C(F)(F)F)cc1-c1c[nH]c(-c2cc(NC)ncn2)c1. The summed E-state index contributed by atoms with van der Waals surface area (Å²) in [5, 5.41) is 2.93. The van der Waals surface area contributed by atoms with Gasteiger partial charge in [0, 0.05) is 24.9 Å². The number of aromatic nitrogens is 3. The summed E-state index contributed by atoms with van der Waals surface area (Å²) in [5.41, 5.74) is 2.85. The van der Waals surface area contributed by atoms with Gasteiger partial charge in [0.25, 0.3) is 0 Å². The second kappa shape index (κ2) is 6.58. The molecule has 3 rings (SSSR count). The van der Waals surface area contributed by atoms with Crippen LogP contribution in [0.5, 0.6) is 0 Å². The number of aromatic amines is 1. The molecule has 0 aliphatic carbocycles. The molecule has 0 aliphatic heterocycles. The number of nitrogens with zero attached hydrogens (tertiary/aromatic N) is 2. The van der Waals surface area contributed by atoms with Crippen LogP contribution >= 0.6 is 0 Å². The molecule has 4 nitrogen and oxygen atoms in total. The maximum Gasteiger partial charge on any atom is 0.416 e. The number of hydrogen-bond donors (Lipinski definition) is 2. The molecule has 25 heavy (non-hydrogen) atoms. The number of H-pyrrole nitrogens is 1. The smallest absolute Gasteiger partial charge is 0.373 e. The zero-order valence-electron chi connectivity index (χ0n) is 13.8. The van der Waals surface area contributed by atoms with Crippen LogP contribution < -0.4 is 5.32 Å². The third kappa shape index (κ3) is 3.50. The first kappa shape index (κ1) is 17.0. The number of benzene rings is 1. The largest absolute Gasteiger partial charge is 0.416 e.